The summed E-state index contributed by atoms with van der Waals surface area (Å²) >= 11 is 0. The van der Waals surface area contributed by atoms with Crippen molar-refractivity contribution < 1.29 is 0 Å². The Morgan fingerprint density at radius 1 is 0.696 bits per heavy atom. The highest BCUT2D eigenvalue weighted by Gasteiger charge is 2.14. The Morgan fingerprint density at radius 3 is 2.13 bits per heavy atom. The van der Waals surface area contributed by atoms with Crippen molar-refractivity contribution in [3.05, 3.63) is 72.6 Å². The summed E-state index contributed by atoms with van der Waals surface area (Å²) < 4.78 is 0. The Hall–Kier alpha value is -3.00. The SMILES string of the molecule is Cc1cc(-c2ccccc2)c2ccc3ncnc4ccc1c2c43. The van der Waals surface area contributed by atoms with Crippen LogP contribution in [0.1, 0.15) is 5.56 Å². The van der Waals surface area contributed by atoms with Gasteiger partial charge in [-0.05, 0) is 46.5 Å². The molecule has 1 aromatic heterocycles. The van der Waals surface area contributed by atoms with E-state index in [0.29, 0.717) is 0 Å². The van der Waals surface area contributed by atoms with Crippen LogP contribution in [0, 0.1) is 6.92 Å². The maximum absolute atomic E-state index is 4.45. The lowest BCUT2D eigenvalue weighted by Crippen LogP contribution is -1.92. The number of aromatic nitrogens is 2. The minimum Gasteiger partial charge on any atom is -0.236 e. The summed E-state index contributed by atoms with van der Waals surface area (Å²) in [5.74, 6) is 0. The summed E-state index contributed by atoms with van der Waals surface area (Å²) in [6.07, 6.45) is 1.65. The average Bonchev–Trinajstić information content (AvgIpc) is 2.61. The molecule has 0 aliphatic carbocycles. The zero-order valence-corrected chi connectivity index (χ0v) is 12.7. The second-order valence-electron chi connectivity index (χ2n) is 6.00. The third-order valence-corrected chi connectivity index (χ3v) is 4.67. The van der Waals surface area contributed by atoms with E-state index in [1.165, 1.54) is 38.2 Å². The molecule has 2 heteroatoms. The third-order valence-electron chi connectivity index (χ3n) is 4.67. The molecule has 4 aromatic carbocycles. The summed E-state index contributed by atoms with van der Waals surface area (Å²) in [6, 6.07) is 21.4. The number of nitrogens with zero attached hydrogens (tertiary/aromatic N) is 2. The molecule has 0 amide bonds. The van der Waals surface area contributed by atoms with Gasteiger partial charge < -0.3 is 0 Å². The number of hydrogen-bond donors (Lipinski definition) is 0. The first-order valence-corrected chi connectivity index (χ1v) is 7.77. The molecular weight excluding hydrogens is 280 g/mol. The van der Waals surface area contributed by atoms with E-state index < -0.39 is 0 Å². The van der Waals surface area contributed by atoms with Gasteiger partial charge in [-0.1, -0.05) is 48.5 Å². The predicted octanol–water partition coefficient (Wildman–Crippen LogP) is 5.35. The van der Waals surface area contributed by atoms with Crippen LogP contribution in [0.25, 0.3) is 43.7 Å². The van der Waals surface area contributed by atoms with Gasteiger partial charge in [0.2, 0.25) is 0 Å². The zero-order valence-electron chi connectivity index (χ0n) is 12.7. The molecule has 0 bridgehead atoms. The summed E-state index contributed by atoms with van der Waals surface area (Å²) in [5.41, 5.74) is 5.83. The molecule has 108 valence electrons. The van der Waals surface area contributed by atoms with E-state index in [9.17, 15) is 0 Å². The van der Waals surface area contributed by atoms with Crippen LogP contribution in [0.15, 0.2) is 67.0 Å². The number of hydrogen-bond acceptors (Lipinski definition) is 2. The van der Waals surface area contributed by atoms with E-state index in [0.717, 1.165) is 11.0 Å². The molecule has 0 spiro atoms. The first kappa shape index (κ1) is 12.5. The molecule has 0 unspecified atom stereocenters. The number of aryl methyl sites for hydroxylation is 1. The van der Waals surface area contributed by atoms with Gasteiger partial charge in [0.15, 0.2) is 0 Å². The van der Waals surface area contributed by atoms with Crippen LogP contribution in [0.2, 0.25) is 0 Å². The first-order chi connectivity index (χ1) is 11.3. The molecule has 0 fully saturated rings. The summed E-state index contributed by atoms with van der Waals surface area (Å²) in [5, 5.41) is 5.00. The van der Waals surface area contributed by atoms with Crippen LogP contribution in [-0.4, -0.2) is 9.97 Å². The topological polar surface area (TPSA) is 25.8 Å². The Balaban J connectivity index is 2.06. The second kappa shape index (κ2) is 4.50. The van der Waals surface area contributed by atoms with Crippen molar-refractivity contribution in [2.45, 2.75) is 6.92 Å². The van der Waals surface area contributed by atoms with Crippen molar-refractivity contribution in [1.29, 1.82) is 0 Å². The first-order valence-electron chi connectivity index (χ1n) is 7.77. The molecule has 0 radical (unpaired) electrons. The van der Waals surface area contributed by atoms with E-state index in [1.54, 1.807) is 6.33 Å². The molecule has 2 nitrogen and oxygen atoms in total. The fourth-order valence-electron chi connectivity index (χ4n) is 3.61. The highest BCUT2D eigenvalue weighted by atomic mass is 14.8. The Morgan fingerprint density at radius 2 is 1.39 bits per heavy atom. The minimum atomic E-state index is 1.01. The van der Waals surface area contributed by atoms with E-state index in [1.807, 2.05) is 0 Å². The van der Waals surface area contributed by atoms with Crippen LogP contribution in [-0.2, 0) is 0 Å². The van der Waals surface area contributed by atoms with Gasteiger partial charge in [-0.3, -0.25) is 0 Å². The normalized spacial score (nSPS) is 11.7. The van der Waals surface area contributed by atoms with Gasteiger partial charge in [0.05, 0.1) is 11.0 Å². The van der Waals surface area contributed by atoms with Crippen molar-refractivity contribution in [1.82, 2.24) is 9.97 Å². The molecule has 0 N–H and O–H groups in total. The average molecular weight is 294 g/mol. The van der Waals surface area contributed by atoms with Crippen LogP contribution in [0.4, 0.5) is 0 Å². The molecule has 5 aromatic rings. The van der Waals surface area contributed by atoms with E-state index in [-0.39, 0.29) is 0 Å². The molecular formula is C21H14N2. The molecule has 0 aliphatic heterocycles. The maximum atomic E-state index is 4.45. The quantitative estimate of drug-likeness (QED) is 0.389. The fraction of sp³-hybridized carbons (Fsp3) is 0.0476. The standard InChI is InChI=1S/C21H14N2/c1-13-11-17(14-5-3-2-4-6-14)16-8-10-19-21-18(22-12-23-19)9-7-15(13)20(16)21/h2-12H,1H3. The highest BCUT2D eigenvalue weighted by Crippen LogP contribution is 2.39. The van der Waals surface area contributed by atoms with Crippen LogP contribution in [0.5, 0.6) is 0 Å². The van der Waals surface area contributed by atoms with Crippen molar-refractivity contribution in [2.24, 2.45) is 0 Å². The van der Waals surface area contributed by atoms with Crippen molar-refractivity contribution in [3.8, 4) is 11.1 Å². The summed E-state index contributed by atoms with van der Waals surface area (Å²) in [4.78, 5) is 8.91. The molecule has 23 heavy (non-hydrogen) atoms. The molecule has 0 saturated carbocycles. The smallest absolute Gasteiger partial charge is 0.116 e. The van der Waals surface area contributed by atoms with Crippen LogP contribution < -0.4 is 0 Å². The van der Waals surface area contributed by atoms with Gasteiger partial charge in [-0.2, -0.15) is 0 Å². The Labute approximate surface area is 133 Å². The predicted molar refractivity (Wildman–Crippen MR) is 95.9 cm³/mol. The van der Waals surface area contributed by atoms with Crippen molar-refractivity contribution in [2.75, 3.05) is 0 Å². The minimum absolute atomic E-state index is 1.01. The molecule has 1 heterocycles. The van der Waals surface area contributed by atoms with E-state index in [4.69, 9.17) is 0 Å². The monoisotopic (exact) mass is 294 g/mol. The zero-order chi connectivity index (χ0) is 15.4. The van der Waals surface area contributed by atoms with Gasteiger partial charge in [0, 0.05) is 10.8 Å². The fourth-order valence-corrected chi connectivity index (χ4v) is 3.61. The summed E-state index contributed by atoms with van der Waals surface area (Å²) in [7, 11) is 0. The van der Waals surface area contributed by atoms with Gasteiger partial charge in [-0.15, -0.1) is 0 Å². The lowest BCUT2D eigenvalue weighted by Gasteiger charge is -2.15. The van der Waals surface area contributed by atoms with E-state index >= 15 is 0 Å². The lowest BCUT2D eigenvalue weighted by molar-refractivity contribution is 1.26. The van der Waals surface area contributed by atoms with Gasteiger partial charge >= 0.3 is 0 Å². The summed E-state index contributed by atoms with van der Waals surface area (Å²) in [6.45, 7) is 2.18. The van der Waals surface area contributed by atoms with Crippen LogP contribution in [0.3, 0.4) is 0 Å². The van der Waals surface area contributed by atoms with Crippen molar-refractivity contribution in [3.63, 3.8) is 0 Å². The number of rotatable bonds is 1. The Kier molecular flexibility index (Phi) is 2.45. The third kappa shape index (κ3) is 1.69. The highest BCUT2D eigenvalue weighted by molar-refractivity contribution is 6.24. The lowest BCUT2D eigenvalue weighted by atomic mass is 9.90. The van der Waals surface area contributed by atoms with Crippen LogP contribution >= 0.6 is 0 Å². The van der Waals surface area contributed by atoms with Crippen molar-refractivity contribution >= 4 is 32.6 Å². The largest absolute Gasteiger partial charge is 0.236 e. The van der Waals surface area contributed by atoms with E-state index in [2.05, 4.69) is 77.6 Å². The molecule has 0 atom stereocenters. The molecule has 5 rings (SSSR count). The Bertz CT molecular complexity index is 1140. The molecule has 0 saturated heterocycles. The van der Waals surface area contributed by atoms with Gasteiger partial charge in [0.25, 0.3) is 0 Å². The van der Waals surface area contributed by atoms with Gasteiger partial charge in [0.1, 0.15) is 6.33 Å². The number of benzene rings is 4. The second-order valence-corrected chi connectivity index (χ2v) is 6.00. The van der Waals surface area contributed by atoms with Gasteiger partial charge in [-0.25, -0.2) is 9.97 Å². The maximum Gasteiger partial charge on any atom is 0.116 e. The molecule has 0 aliphatic rings.